The van der Waals surface area contributed by atoms with Gasteiger partial charge >= 0.3 is 0 Å². The van der Waals surface area contributed by atoms with Crippen molar-refractivity contribution in [3.63, 3.8) is 0 Å². The number of aromatic nitrogens is 2. The van der Waals surface area contributed by atoms with Gasteiger partial charge in [0.15, 0.2) is 8.68 Å². The first kappa shape index (κ1) is 16.3. The maximum Gasteiger partial charge on any atom is 0.244 e. The Labute approximate surface area is 146 Å². The molecule has 120 valence electrons. The first-order chi connectivity index (χ1) is 11.1. The fraction of sp³-hybridized carbons (Fsp3) is 0.286. The summed E-state index contributed by atoms with van der Waals surface area (Å²) >= 11 is 4.36. The van der Waals surface area contributed by atoms with Gasteiger partial charge in [-0.3, -0.25) is 14.5 Å². The van der Waals surface area contributed by atoms with Gasteiger partial charge in [0.05, 0.1) is 16.6 Å². The number of thioether (sulfide) groups is 2. The van der Waals surface area contributed by atoms with Crippen LogP contribution in [-0.2, 0) is 9.59 Å². The second kappa shape index (κ2) is 6.90. The quantitative estimate of drug-likeness (QED) is 0.839. The molecule has 2 heterocycles. The summed E-state index contributed by atoms with van der Waals surface area (Å²) in [6.07, 6.45) is 1.94. The average Bonchev–Trinajstić information content (AvgIpc) is 3.00. The molecular weight excluding hydrogens is 352 g/mol. The lowest BCUT2D eigenvalue weighted by Gasteiger charge is -2.30. The molecule has 0 aliphatic carbocycles. The van der Waals surface area contributed by atoms with E-state index in [9.17, 15) is 9.59 Å². The Bertz CT molecular complexity index is 749. The molecule has 1 atom stereocenters. The summed E-state index contributed by atoms with van der Waals surface area (Å²) in [7, 11) is 0. The number of rotatable bonds is 4. The van der Waals surface area contributed by atoms with Crippen molar-refractivity contribution in [2.75, 3.05) is 23.0 Å². The van der Waals surface area contributed by atoms with Gasteiger partial charge in [0.1, 0.15) is 6.54 Å². The minimum absolute atomic E-state index is 0.0347. The highest BCUT2D eigenvalue weighted by Gasteiger charge is 2.30. The maximum atomic E-state index is 12.8. The lowest BCUT2D eigenvalue weighted by atomic mass is 10.2. The van der Waals surface area contributed by atoms with E-state index in [2.05, 4.69) is 15.5 Å². The molecule has 0 saturated carbocycles. The SMILES string of the molecule is CSc1nnc(S[C@@H](C)C(=O)N2CC(=O)Nc3ccccc32)s1. The minimum atomic E-state index is -0.350. The third kappa shape index (κ3) is 3.51. The van der Waals surface area contributed by atoms with Crippen LogP contribution >= 0.6 is 34.9 Å². The highest BCUT2D eigenvalue weighted by Crippen LogP contribution is 2.34. The van der Waals surface area contributed by atoms with Crippen LogP contribution in [-0.4, -0.2) is 40.1 Å². The van der Waals surface area contributed by atoms with Crippen LogP contribution in [0, 0.1) is 0 Å². The molecule has 0 unspecified atom stereocenters. The Hall–Kier alpha value is -1.58. The van der Waals surface area contributed by atoms with Gasteiger partial charge in [-0.15, -0.1) is 10.2 Å². The highest BCUT2D eigenvalue weighted by atomic mass is 32.2. The first-order valence-electron chi connectivity index (χ1n) is 6.83. The summed E-state index contributed by atoms with van der Waals surface area (Å²) in [4.78, 5) is 26.1. The Morgan fingerprint density at radius 2 is 2.09 bits per heavy atom. The van der Waals surface area contributed by atoms with Crippen molar-refractivity contribution in [2.24, 2.45) is 0 Å². The van der Waals surface area contributed by atoms with E-state index in [1.165, 1.54) is 39.8 Å². The second-order valence-electron chi connectivity index (χ2n) is 4.79. The third-order valence-electron chi connectivity index (χ3n) is 3.22. The number of hydrogen-bond donors (Lipinski definition) is 1. The fourth-order valence-electron chi connectivity index (χ4n) is 2.18. The minimum Gasteiger partial charge on any atom is -0.323 e. The number of hydrogen-bond acceptors (Lipinski definition) is 7. The number of nitrogens with one attached hydrogen (secondary N) is 1. The van der Waals surface area contributed by atoms with Crippen LogP contribution in [0.3, 0.4) is 0 Å². The van der Waals surface area contributed by atoms with E-state index in [4.69, 9.17) is 0 Å². The zero-order valence-corrected chi connectivity index (χ0v) is 14.9. The van der Waals surface area contributed by atoms with Crippen molar-refractivity contribution in [1.29, 1.82) is 0 Å². The molecule has 1 aromatic carbocycles. The molecule has 0 radical (unpaired) electrons. The van der Waals surface area contributed by atoms with E-state index in [-0.39, 0.29) is 23.6 Å². The summed E-state index contributed by atoms with van der Waals surface area (Å²) in [5.74, 6) is -0.298. The monoisotopic (exact) mass is 366 g/mol. The smallest absolute Gasteiger partial charge is 0.244 e. The predicted octanol–water partition coefficient (Wildman–Crippen LogP) is 2.73. The van der Waals surface area contributed by atoms with Crippen LogP contribution in [0.15, 0.2) is 32.9 Å². The van der Waals surface area contributed by atoms with Gasteiger partial charge in [0.2, 0.25) is 11.8 Å². The number of amides is 2. The Balaban J connectivity index is 1.78. The van der Waals surface area contributed by atoms with Gasteiger partial charge in [0, 0.05) is 0 Å². The molecule has 1 aliphatic heterocycles. The van der Waals surface area contributed by atoms with E-state index in [1.54, 1.807) is 6.07 Å². The fourth-order valence-corrected chi connectivity index (χ4v) is 4.82. The van der Waals surface area contributed by atoms with Gasteiger partial charge < -0.3 is 5.32 Å². The van der Waals surface area contributed by atoms with Crippen LogP contribution in [0.2, 0.25) is 0 Å². The standard InChI is InChI=1S/C14H14N4O2S3/c1-8(22-14-17-16-13(21-2)23-14)12(20)18-7-11(19)15-9-5-3-4-6-10(9)18/h3-6,8H,7H2,1-2H3,(H,15,19)/t8-/m0/s1. The van der Waals surface area contributed by atoms with Gasteiger partial charge in [-0.05, 0) is 25.3 Å². The van der Waals surface area contributed by atoms with Crippen LogP contribution in [0.4, 0.5) is 11.4 Å². The number of nitrogens with zero attached hydrogens (tertiary/aromatic N) is 3. The van der Waals surface area contributed by atoms with Crippen LogP contribution in [0.25, 0.3) is 0 Å². The predicted molar refractivity (Wildman–Crippen MR) is 94.4 cm³/mol. The normalized spacial score (nSPS) is 15.0. The number of anilines is 2. The summed E-state index contributed by atoms with van der Waals surface area (Å²) in [5.41, 5.74) is 1.39. The topological polar surface area (TPSA) is 75.2 Å². The summed E-state index contributed by atoms with van der Waals surface area (Å²) in [6.45, 7) is 1.86. The van der Waals surface area contributed by atoms with Crippen molar-refractivity contribution < 1.29 is 9.59 Å². The number of benzene rings is 1. The average molecular weight is 366 g/mol. The number of carbonyl (C=O) groups is 2. The largest absolute Gasteiger partial charge is 0.323 e. The van der Waals surface area contributed by atoms with Gasteiger partial charge in [-0.25, -0.2) is 0 Å². The molecular formula is C14H14N4O2S3. The molecule has 6 nitrogen and oxygen atoms in total. The van der Waals surface area contributed by atoms with Crippen molar-refractivity contribution in [1.82, 2.24) is 10.2 Å². The highest BCUT2D eigenvalue weighted by molar-refractivity contribution is 8.03. The molecule has 0 saturated heterocycles. The van der Waals surface area contributed by atoms with E-state index in [1.807, 2.05) is 31.4 Å². The molecule has 2 aromatic rings. The molecule has 0 bridgehead atoms. The van der Waals surface area contributed by atoms with Crippen molar-refractivity contribution >= 4 is 58.0 Å². The third-order valence-corrected chi connectivity index (χ3v) is 6.30. The zero-order valence-electron chi connectivity index (χ0n) is 12.5. The molecule has 0 spiro atoms. The van der Waals surface area contributed by atoms with Crippen molar-refractivity contribution in [3.05, 3.63) is 24.3 Å². The van der Waals surface area contributed by atoms with E-state index >= 15 is 0 Å². The Morgan fingerprint density at radius 3 is 2.83 bits per heavy atom. The summed E-state index contributed by atoms with van der Waals surface area (Å²) in [5, 5.41) is 10.5. The van der Waals surface area contributed by atoms with Crippen LogP contribution in [0.1, 0.15) is 6.92 Å². The maximum absolute atomic E-state index is 12.8. The number of fused-ring (bicyclic) bond motifs is 1. The molecule has 3 rings (SSSR count). The van der Waals surface area contributed by atoms with Gasteiger partial charge in [-0.1, -0.05) is 47.0 Å². The molecule has 0 fully saturated rings. The molecule has 1 N–H and O–H groups in total. The van der Waals surface area contributed by atoms with Gasteiger partial charge in [0.25, 0.3) is 0 Å². The van der Waals surface area contributed by atoms with Crippen LogP contribution in [0.5, 0.6) is 0 Å². The Kier molecular flexibility index (Phi) is 4.88. The van der Waals surface area contributed by atoms with E-state index in [0.29, 0.717) is 5.69 Å². The number of carbonyl (C=O) groups excluding carboxylic acids is 2. The summed E-state index contributed by atoms with van der Waals surface area (Å²) < 4.78 is 1.62. The lowest BCUT2D eigenvalue weighted by Crippen LogP contribution is -2.45. The zero-order chi connectivity index (χ0) is 16.4. The molecule has 1 aromatic heterocycles. The lowest BCUT2D eigenvalue weighted by molar-refractivity contribution is -0.121. The van der Waals surface area contributed by atoms with Crippen LogP contribution < -0.4 is 10.2 Å². The van der Waals surface area contributed by atoms with Gasteiger partial charge in [-0.2, -0.15) is 0 Å². The second-order valence-corrected chi connectivity index (χ2v) is 8.41. The van der Waals surface area contributed by atoms with Crippen molar-refractivity contribution in [2.45, 2.75) is 20.9 Å². The Morgan fingerprint density at radius 1 is 1.35 bits per heavy atom. The summed E-state index contributed by atoms with van der Waals surface area (Å²) in [6, 6.07) is 7.31. The van der Waals surface area contributed by atoms with E-state index < -0.39 is 0 Å². The molecule has 1 aliphatic rings. The first-order valence-corrected chi connectivity index (χ1v) is 9.75. The van der Waals surface area contributed by atoms with Crippen molar-refractivity contribution in [3.8, 4) is 0 Å². The number of para-hydroxylation sites is 2. The molecule has 23 heavy (non-hydrogen) atoms. The molecule has 9 heteroatoms. The molecule has 2 amide bonds. The van der Waals surface area contributed by atoms with E-state index in [0.717, 1.165) is 14.4 Å².